The Labute approximate surface area is 380 Å². The SMILES string of the molecule is C=CC(=O)N1CCC(C)CC1.C=CC(=O)N1CCC(Oc2cc3c(Nc4ccc(Cl)c(Cl)c4F)ncnc3cn2)CC1.O=c1cc2c(Nc3ccc(Cl)c(Cl)c3F)ncnc2c[nH]1. The lowest BCUT2D eigenvalue weighted by Crippen LogP contribution is -2.41. The molecule has 63 heavy (non-hydrogen) atoms. The quantitative estimate of drug-likeness (QED) is 0.0981. The van der Waals surface area contributed by atoms with Gasteiger partial charge in [0.2, 0.25) is 23.3 Å². The fourth-order valence-corrected chi connectivity index (χ4v) is 7.16. The predicted molar refractivity (Wildman–Crippen MR) is 242 cm³/mol. The molecule has 0 saturated carbocycles. The van der Waals surface area contributed by atoms with Crippen molar-refractivity contribution in [1.82, 2.24) is 39.7 Å². The molecule has 3 N–H and O–H groups in total. The number of fused-ring (bicyclic) bond motifs is 2. The summed E-state index contributed by atoms with van der Waals surface area (Å²) in [7, 11) is 0. The number of nitrogens with zero attached hydrogens (tertiary/aromatic N) is 7. The van der Waals surface area contributed by atoms with E-state index in [4.69, 9.17) is 51.1 Å². The number of aromatic nitrogens is 6. The van der Waals surface area contributed by atoms with Crippen molar-refractivity contribution < 1.29 is 23.1 Å². The van der Waals surface area contributed by atoms with Crippen LogP contribution in [0.3, 0.4) is 0 Å². The third-order valence-corrected chi connectivity index (χ3v) is 11.7. The second-order valence-electron chi connectivity index (χ2n) is 14.3. The maximum absolute atomic E-state index is 14.5. The number of pyridine rings is 2. The molecule has 0 atom stereocenters. The van der Waals surface area contributed by atoms with Crippen molar-refractivity contribution in [2.45, 2.75) is 38.7 Å². The molecule has 0 aliphatic carbocycles. The number of hydrogen-bond donors (Lipinski definition) is 3. The van der Waals surface area contributed by atoms with Gasteiger partial charge in [-0.3, -0.25) is 14.4 Å². The maximum Gasteiger partial charge on any atom is 0.248 e. The fraction of sp³-hybridized carbons (Fsp3) is 0.256. The maximum atomic E-state index is 14.5. The molecule has 4 aromatic heterocycles. The monoisotopic (exact) mass is 938 g/mol. The van der Waals surface area contributed by atoms with Crippen molar-refractivity contribution in [3.05, 3.63) is 129 Å². The van der Waals surface area contributed by atoms with Crippen LogP contribution in [-0.4, -0.2) is 83.8 Å². The summed E-state index contributed by atoms with van der Waals surface area (Å²) in [5.74, 6) is 0.483. The van der Waals surface area contributed by atoms with Gasteiger partial charge >= 0.3 is 0 Å². The summed E-state index contributed by atoms with van der Waals surface area (Å²) in [6.07, 6.45) is 12.0. The number of ether oxygens (including phenoxy) is 1. The van der Waals surface area contributed by atoms with Crippen LogP contribution in [0.15, 0.2) is 91.6 Å². The number of aromatic amines is 1. The van der Waals surface area contributed by atoms with E-state index >= 15 is 0 Å². The molecule has 8 rings (SSSR count). The smallest absolute Gasteiger partial charge is 0.248 e. The van der Waals surface area contributed by atoms with Crippen LogP contribution in [0, 0.1) is 17.6 Å². The van der Waals surface area contributed by atoms with E-state index in [-0.39, 0.29) is 54.9 Å². The van der Waals surface area contributed by atoms with E-state index in [1.165, 1.54) is 61.3 Å². The molecule has 2 aromatic carbocycles. The van der Waals surface area contributed by atoms with Crippen LogP contribution in [0.2, 0.25) is 20.1 Å². The number of carbonyl (C=O) groups excluding carboxylic acids is 2. The van der Waals surface area contributed by atoms with Crippen LogP contribution in [-0.2, 0) is 9.59 Å². The van der Waals surface area contributed by atoms with Gasteiger partial charge in [0.25, 0.3) is 0 Å². The highest BCUT2D eigenvalue weighted by Gasteiger charge is 2.24. The summed E-state index contributed by atoms with van der Waals surface area (Å²) in [6, 6.07) is 8.91. The number of piperidine rings is 2. The molecule has 2 aliphatic heterocycles. The Kier molecular flexibility index (Phi) is 15.8. The fourth-order valence-electron chi connectivity index (χ4n) is 6.53. The van der Waals surface area contributed by atoms with Crippen molar-refractivity contribution >= 4 is 103 Å². The molecule has 2 fully saturated rings. The highest BCUT2D eigenvalue weighted by Crippen LogP contribution is 2.34. The first-order chi connectivity index (χ1) is 30.3. The first-order valence-corrected chi connectivity index (χ1v) is 21.0. The van der Waals surface area contributed by atoms with Crippen LogP contribution in [0.25, 0.3) is 21.8 Å². The molecule has 328 valence electrons. The normalized spacial score (nSPS) is 14.2. The minimum atomic E-state index is -0.694. The molecule has 0 unspecified atom stereocenters. The predicted octanol–water partition coefficient (Wildman–Crippen LogP) is 9.71. The van der Waals surface area contributed by atoms with Gasteiger partial charge in [0.05, 0.1) is 48.7 Å². The van der Waals surface area contributed by atoms with E-state index in [0.717, 1.165) is 31.8 Å². The molecule has 0 radical (unpaired) electrons. The molecule has 6 aromatic rings. The summed E-state index contributed by atoms with van der Waals surface area (Å²) in [6.45, 7) is 12.2. The lowest BCUT2D eigenvalue weighted by molar-refractivity contribution is -0.128. The number of halogens is 6. The largest absolute Gasteiger partial charge is 0.474 e. The molecule has 0 spiro atoms. The zero-order chi connectivity index (χ0) is 45.2. The minimum absolute atomic E-state index is 0.0765. The molecule has 0 bridgehead atoms. The molecular weight excluding hydrogens is 900 g/mol. The Balaban J connectivity index is 0.000000177. The van der Waals surface area contributed by atoms with E-state index in [1.54, 1.807) is 17.2 Å². The zero-order valence-electron chi connectivity index (χ0n) is 33.7. The molecule has 14 nitrogen and oxygen atoms in total. The zero-order valence-corrected chi connectivity index (χ0v) is 36.7. The topological polar surface area (TPSA) is 171 Å². The van der Waals surface area contributed by atoms with Crippen LogP contribution in [0.4, 0.5) is 31.8 Å². The lowest BCUT2D eigenvalue weighted by Gasteiger charge is -2.31. The third kappa shape index (κ3) is 11.8. The highest BCUT2D eigenvalue weighted by atomic mass is 35.5. The van der Waals surface area contributed by atoms with Crippen molar-refractivity contribution in [3.8, 4) is 5.88 Å². The number of rotatable bonds is 8. The number of nitrogens with one attached hydrogen (secondary N) is 3. The first-order valence-electron chi connectivity index (χ1n) is 19.5. The second kappa shape index (κ2) is 21.4. The van der Waals surface area contributed by atoms with Crippen molar-refractivity contribution in [3.63, 3.8) is 0 Å². The number of hydrogen-bond acceptors (Lipinski definition) is 11. The summed E-state index contributed by atoms with van der Waals surface area (Å²) in [5, 5.41) is 6.68. The number of benzene rings is 2. The van der Waals surface area contributed by atoms with Crippen LogP contribution < -0.4 is 20.9 Å². The Morgan fingerprint density at radius 2 is 1.24 bits per heavy atom. The Hall–Kier alpha value is -5.94. The average Bonchev–Trinajstić information content (AvgIpc) is 3.30. The number of carbonyl (C=O) groups is 2. The van der Waals surface area contributed by atoms with Gasteiger partial charge in [0.15, 0.2) is 11.6 Å². The Morgan fingerprint density at radius 1 is 0.746 bits per heavy atom. The Bertz CT molecular complexity index is 2710. The Morgan fingerprint density at radius 3 is 1.76 bits per heavy atom. The van der Waals surface area contributed by atoms with Gasteiger partial charge < -0.3 is 30.2 Å². The van der Waals surface area contributed by atoms with Gasteiger partial charge in [-0.25, -0.2) is 33.7 Å². The van der Waals surface area contributed by atoms with Crippen LogP contribution in [0.1, 0.15) is 32.6 Å². The molecule has 2 amide bonds. The van der Waals surface area contributed by atoms with Gasteiger partial charge in [-0.15, -0.1) is 0 Å². The van der Waals surface area contributed by atoms with Gasteiger partial charge in [-0.05, 0) is 55.2 Å². The first kappa shape index (κ1) is 46.6. The van der Waals surface area contributed by atoms with Gasteiger partial charge in [-0.2, -0.15) is 0 Å². The third-order valence-electron chi connectivity index (χ3n) is 10.1. The summed E-state index contributed by atoms with van der Waals surface area (Å²) in [5.41, 5.74) is 1.01. The van der Waals surface area contributed by atoms with Crippen molar-refractivity contribution in [1.29, 1.82) is 0 Å². The van der Waals surface area contributed by atoms with E-state index in [1.807, 2.05) is 4.90 Å². The van der Waals surface area contributed by atoms with Crippen LogP contribution >= 0.6 is 46.4 Å². The number of likely N-dealkylation sites (tertiary alicyclic amines) is 2. The van der Waals surface area contributed by atoms with E-state index in [9.17, 15) is 23.2 Å². The summed E-state index contributed by atoms with van der Waals surface area (Å²) < 4.78 is 34.5. The average molecular weight is 941 g/mol. The lowest BCUT2D eigenvalue weighted by atomic mass is 9.99. The molecule has 2 aliphatic rings. The van der Waals surface area contributed by atoms with E-state index in [2.05, 4.69) is 60.6 Å². The van der Waals surface area contributed by atoms with Crippen LogP contribution in [0.5, 0.6) is 5.88 Å². The highest BCUT2D eigenvalue weighted by molar-refractivity contribution is 6.42. The number of amides is 2. The molecule has 20 heteroatoms. The minimum Gasteiger partial charge on any atom is -0.474 e. The molecule has 6 heterocycles. The van der Waals surface area contributed by atoms with Crippen molar-refractivity contribution in [2.24, 2.45) is 5.92 Å². The number of H-pyrrole nitrogens is 1. The summed E-state index contributed by atoms with van der Waals surface area (Å²) >= 11 is 23.2. The standard InChI is InChI=1S/C21H18Cl2FN5O2.C13H7Cl2FN4O.C9H15NO/c1-2-18(30)29-7-5-12(6-8-29)31-17-9-13-16(10-25-17)26-11-27-21(13)28-15-4-3-14(22)19(23)20(15)24;14-7-1-2-8(12(16)11(7)15)20-13-6-3-10(21)17-4-9(6)18-5-19-13;1-3-9(11)10-6-4-8(2)5-7-10/h2-4,9-12H,1,5-8H2,(H,26,27,28);1-5H,(H,17,21)(H,18,19,20);3,8H,1,4-7H2,2H3. The van der Waals surface area contributed by atoms with E-state index in [0.29, 0.717) is 65.3 Å². The van der Waals surface area contributed by atoms with E-state index < -0.39 is 11.6 Å². The van der Waals surface area contributed by atoms with Gasteiger partial charge in [-0.1, -0.05) is 66.5 Å². The van der Waals surface area contributed by atoms with Gasteiger partial charge in [0.1, 0.15) is 30.4 Å². The second-order valence-corrected chi connectivity index (χ2v) is 15.9. The molecule has 2 saturated heterocycles. The molecular formula is C43H40Cl4F2N10O4. The van der Waals surface area contributed by atoms with Crippen molar-refractivity contribution in [2.75, 3.05) is 36.8 Å². The summed E-state index contributed by atoms with van der Waals surface area (Å²) in [4.78, 5) is 61.1. The van der Waals surface area contributed by atoms with Gasteiger partial charge in [0, 0.05) is 68.1 Å². The number of anilines is 4.